The van der Waals surface area contributed by atoms with Crippen LogP contribution in [-0.4, -0.2) is 19.1 Å². The van der Waals surface area contributed by atoms with Gasteiger partial charge in [-0.05, 0) is 44.5 Å². The van der Waals surface area contributed by atoms with Crippen molar-refractivity contribution in [2.24, 2.45) is 0 Å². The standard InChI is InChI=1S/C22H24N2O3/c1-4-26-20-12-11-18(21(14-20)27-5-2)13-19(15-23)22(25)24-16(3)17-9-7-6-8-10-17/h6-14,16H,4-5H2,1-3H3,(H,24,25). The van der Waals surface area contributed by atoms with Crippen molar-refractivity contribution in [1.29, 1.82) is 5.26 Å². The topological polar surface area (TPSA) is 71.3 Å². The minimum Gasteiger partial charge on any atom is -0.494 e. The van der Waals surface area contributed by atoms with E-state index in [2.05, 4.69) is 5.32 Å². The van der Waals surface area contributed by atoms with Gasteiger partial charge in [0.15, 0.2) is 0 Å². The van der Waals surface area contributed by atoms with E-state index < -0.39 is 5.91 Å². The van der Waals surface area contributed by atoms with Crippen molar-refractivity contribution in [3.05, 3.63) is 65.2 Å². The molecule has 140 valence electrons. The van der Waals surface area contributed by atoms with Crippen LogP contribution in [0.25, 0.3) is 6.08 Å². The summed E-state index contributed by atoms with van der Waals surface area (Å²) in [5, 5.41) is 12.3. The van der Waals surface area contributed by atoms with E-state index in [1.54, 1.807) is 18.2 Å². The molecular formula is C22H24N2O3. The monoisotopic (exact) mass is 364 g/mol. The maximum absolute atomic E-state index is 12.5. The Bertz CT molecular complexity index is 838. The van der Waals surface area contributed by atoms with Gasteiger partial charge < -0.3 is 14.8 Å². The van der Waals surface area contributed by atoms with Gasteiger partial charge in [0.25, 0.3) is 5.91 Å². The smallest absolute Gasteiger partial charge is 0.262 e. The highest BCUT2D eigenvalue weighted by atomic mass is 16.5. The van der Waals surface area contributed by atoms with Gasteiger partial charge in [0.05, 0.1) is 19.3 Å². The molecule has 0 aliphatic carbocycles. The summed E-state index contributed by atoms with van der Waals surface area (Å²) in [6.07, 6.45) is 1.54. The highest BCUT2D eigenvalue weighted by Crippen LogP contribution is 2.27. The Kier molecular flexibility index (Phi) is 7.45. The normalized spacial score (nSPS) is 12.0. The molecule has 1 atom stereocenters. The van der Waals surface area contributed by atoms with E-state index in [1.807, 2.05) is 57.2 Å². The van der Waals surface area contributed by atoms with Crippen molar-refractivity contribution in [1.82, 2.24) is 5.32 Å². The lowest BCUT2D eigenvalue weighted by atomic mass is 10.1. The number of benzene rings is 2. The van der Waals surface area contributed by atoms with Gasteiger partial charge in [-0.1, -0.05) is 30.3 Å². The van der Waals surface area contributed by atoms with Gasteiger partial charge in [0, 0.05) is 11.6 Å². The maximum atomic E-state index is 12.5. The summed E-state index contributed by atoms with van der Waals surface area (Å²) in [5.41, 5.74) is 1.64. The van der Waals surface area contributed by atoms with Crippen LogP contribution in [-0.2, 0) is 4.79 Å². The first kappa shape index (κ1) is 20.1. The molecule has 1 N–H and O–H groups in total. The van der Waals surface area contributed by atoms with E-state index in [0.717, 1.165) is 5.56 Å². The number of carbonyl (C=O) groups excluding carboxylic acids is 1. The predicted octanol–water partition coefficient (Wildman–Crippen LogP) is 4.27. The highest BCUT2D eigenvalue weighted by Gasteiger charge is 2.15. The van der Waals surface area contributed by atoms with Crippen molar-refractivity contribution >= 4 is 12.0 Å². The highest BCUT2D eigenvalue weighted by molar-refractivity contribution is 6.02. The van der Waals surface area contributed by atoms with Crippen molar-refractivity contribution in [3.8, 4) is 17.6 Å². The van der Waals surface area contributed by atoms with E-state index in [0.29, 0.717) is 30.3 Å². The van der Waals surface area contributed by atoms with Crippen LogP contribution in [0, 0.1) is 11.3 Å². The maximum Gasteiger partial charge on any atom is 0.262 e. The quantitative estimate of drug-likeness (QED) is 0.561. The summed E-state index contributed by atoms with van der Waals surface area (Å²) in [6.45, 7) is 6.67. The fourth-order valence-electron chi connectivity index (χ4n) is 2.57. The zero-order valence-corrected chi connectivity index (χ0v) is 15.9. The second-order valence-corrected chi connectivity index (χ2v) is 5.84. The summed E-state index contributed by atoms with van der Waals surface area (Å²) in [5.74, 6) is 0.823. The molecule has 2 rings (SSSR count). The molecule has 1 unspecified atom stereocenters. The molecule has 27 heavy (non-hydrogen) atoms. The largest absolute Gasteiger partial charge is 0.494 e. The summed E-state index contributed by atoms with van der Waals surface area (Å²) < 4.78 is 11.1. The molecule has 0 radical (unpaired) electrons. The van der Waals surface area contributed by atoms with E-state index in [1.165, 1.54) is 6.08 Å². The molecular weight excluding hydrogens is 340 g/mol. The Morgan fingerprint density at radius 1 is 1.15 bits per heavy atom. The number of ether oxygens (including phenoxy) is 2. The van der Waals surface area contributed by atoms with Gasteiger partial charge in [-0.15, -0.1) is 0 Å². The minimum absolute atomic E-state index is 0.0166. The van der Waals surface area contributed by atoms with Crippen molar-refractivity contribution in [2.45, 2.75) is 26.8 Å². The molecule has 0 bridgehead atoms. The lowest BCUT2D eigenvalue weighted by Gasteiger charge is -2.14. The molecule has 0 heterocycles. The van der Waals surface area contributed by atoms with Crippen molar-refractivity contribution < 1.29 is 14.3 Å². The third-order valence-electron chi connectivity index (χ3n) is 3.91. The molecule has 0 saturated heterocycles. The van der Waals surface area contributed by atoms with Crippen LogP contribution < -0.4 is 14.8 Å². The SMILES string of the molecule is CCOc1ccc(C=C(C#N)C(=O)NC(C)c2ccccc2)c(OCC)c1. The number of rotatable bonds is 8. The van der Waals surface area contributed by atoms with Gasteiger partial charge in [0.2, 0.25) is 0 Å². The third-order valence-corrected chi connectivity index (χ3v) is 3.91. The van der Waals surface area contributed by atoms with Gasteiger partial charge in [0.1, 0.15) is 23.1 Å². The summed E-state index contributed by atoms with van der Waals surface area (Å²) in [7, 11) is 0. The van der Waals surface area contributed by atoms with E-state index in [-0.39, 0.29) is 11.6 Å². The van der Waals surface area contributed by atoms with E-state index >= 15 is 0 Å². The average molecular weight is 364 g/mol. The average Bonchev–Trinajstić information content (AvgIpc) is 2.68. The minimum atomic E-state index is -0.426. The molecule has 0 fully saturated rings. The Hall–Kier alpha value is -3.26. The van der Waals surface area contributed by atoms with Crippen LogP contribution in [0.1, 0.15) is 37.9 Å². The Morgan fingerprint density at radius 3 is 2.48 bits per heavy atom. The summed E-state index contributed by atoms with van der Waals surface area (Å²) >= 11 is 0. The Balaban J connectivity index is 2.24. The molecule has 0 saturated carbocycles. The van der Waals surface area contributed by atoms with Gasteiger partial charge in [-0.3, -0.25) is 4.79 Å². The molecule has 0 aliphatic heterocycles. The summed E-state index contributed by atoms with van der Waals surface area (Å²) in [6, 6.07) is 16.7. The third kappa shape index (κ3) is 5.61. The number of amides is 1. The van der Waals surface area contributed by atoms with Crippen molar-refractivity contribution in [2.75, 3.05) is 13.2 Å². The van der Waals surface area contributed by atoms with Crippen LogP contribution >= 0.6 is 0 Å². The molecule has 5 heteroatoms. The van der Waals surface area contributed by atoms with Crippen molar-refractivity contribution in [3.63, 3.8) is 0 Å². The first-order valence-electron chi connectivity index (χ1n) is 8.96. The van der Waals surface area contributed by atoms with Crippen LogP contribution in [0.5, 0.6) is 11.5 Å². The number of hydrogen-bond acceptors (Lipinski definition) is 4. The second-order valence-electron chi connectivity index (χ2n) is 5.84. The van der Waals surface area contributed by atoms with Crippen LogP contribution in [0.4, 0.5) is 0 Å². The Morgan fingerprint density at radius 2 is 1.85 bits per heavy atom. The summed E-state index contributed by atoms with van der Waals surface area (Å²) in [4.78, 5) is 12.5. The lowest BCUT2D eigenvalue weighted by molar-refractivity contribution is -0.117. The molecule has 0 aliphatic rings. The molecule has 0 spiro atoms. The number of hydrogen-bond donors (Lipinski definition) is 1. The molecule has 2 aromatic carbocycles. The van der Waals surface area contributed by atoms with Crippen LogP contribution in [0.3, 0.4) is 0 Å². The van der Waals surface area contributed by atoms with E-state index in [4.69, 9.17) is 9.47 Å². The Labute approximate surface area is 160 Å². The van der Waals surface area contributed by atoms with Crippen LogP contribution in [0.15, 0.2) is 54.1 Å². The fraction of sp³-hybridized carbons (Fsp3) is 0.273. The first-order valence-corrected chi connectivity index (χ1v) is 8.96. The lowest BCUT2D eigenvalue weighted by Crippen LogP contribution is -2.27. The number of nitrogens with one attached hydrogen (secondary N) is 1. The molecule has 0 aromatic heterocycles. The number of nitriles is 1. The predicted molar refractivity (Wildman–Crippen MR) is 105 cm³/mol. The fourth-order valence-corrected chi connectivity index (χ4v) is 2.57. The van der Waals surface area contributed by atoms with Crippen LogP contribution in [0.2, 0.25) is 0 Å². The molecule has 5 nitrogen and oxygen atoms in total. The first-order chi connectivity index (χ1) is 13.1. The number of nitrogens with zero attached hydrogens (tertiary/aromatic N) is 1. The second kappa shape index (κ2) is 10.0. The zero-order valence-electron chi connectivity index (χ0n) is 15.9. The molecule has 1 amide bonds. The van der Waals surface area contributed by atoms with E-state index in [9.17, 15) is 10.1 Å². The zero-order chi connectivity index (χ0) is 19.6. The van der Waals surface area contributed by atoms with Gasteiger partial charge in [-0.2, -0.15) is 5.26 Å². The van der Waals surface area contributed by atoms with Gasteiger partial charge >= 0.3 is 0 Å². The van der Waals surface area contributed by atoms with Gasteiger partial charge in [-0.25, -0.2) is 0 Å². The molecule has 2 aromatic rings. The number of carbonyl (C=O) groups is 1.